The van der Waals surface area contributed by atoms with Crippen molar-refractivity contribution in [1.82, 2.24) is 4.98 Å². The van der Waals surface area contributed by atoms with Crippen molar-refractivity contribution in [2.24, 2.45) is 0 Å². The summed E-state index contributed by atoms with van der Waals surface area (Å²) in [5, 5.41) is 8.93. The van der Waals surface area contributed by atoms with E-state index in [1.54, 1.807) is 6.07 Å². The van der Waals surface area contributed by atoms with Crippen LogP contribution in [0.2, 0.25) is 0 Å². The molecular formula is C16H14N2O. The minimum atomic E-state index is -0.264. The predicted molar refractivity (Wildman–Crippen MR) is 73.0 cm³/mol. The maximum Gasteiger partial charge on any atom is 0.266 e. The van der Waals surface area contributed by atoms with Gasteiger partial charge in [0.05, 0.1) is 0 Å². The van der Waals surface area contributed by atoms with E-state index in [0.29, 0.717) is 5.92 Å². The highest BCUT2D eigenvalue weighted by Gasteiger charge is 2.21. The first-order chi connectivity index (χ1) is 9.28. The summed E-state index contributed by atoms with van der Waals surface area (Å²) in [5.41, 5.74) is 3.39. The first-order valence-corrected chi connectivity index (χ1v) is 6.48. The van der Waals surface area contributed by atoms with Crippen LogP contribution >= 0.6 is 0 Å². The standard InChI is InChI=1S/C16H14N2O/c17-10-14-9-13-8-12(11-4-2-1-3-5-11)6-7-15(13)18-16(14)19/h1-5,9,12H,6-8H2,(H,18,19)/t12-/m0/s1. The van der Waals surface area contributed by atoms with Crippen molar-refractivity contribution >= 4 is 0 Å². The SMILES string of the molecule is N#Cc1cc2c([nH]c1=O)CC[C@H](c1ccccc1)C2. The Morgan fingerprint density at radius 2 is 2.05 bits per heavy atom. The maximum absolute atomic E-state index is 11.6. The molecule has 3 rings (SSSR count). The first-order valence-electron chi connectivity index (χ1n) is 6.48. The van der Waals surface area contributed by atoms with Crippen molar-refractivity contribution in [3.8, 4) is 6.07 Å². The van der Waals surface area contributed by atoms with Crippen LogP contribution in [0, 0.1) is 11.3 Å². The molecule has 3 nitrogen and oxygen atoms in total. The Morgan fingerprint density at radius 3 is 2.79 bits per heavy atom. The number of fused-ring (bicyclic) bond motifs is 1. The molecule has 1 aliphatic carbocycles. The van der Waals surface area contributed by atoms with E-state index >= 15 is 0 Å². The number of nitriles is 1. The van der Waals surface area contributed by atoms with Gasteiger partial charge in [0.15, 0.2) is 0 Å². The van der Waals surface area contributed by atoms with Gasteiger partial charge in [-0.1, -0.05) is 30.3 Å². The number of aromatic amines is 1. The van der Waals surface area contributed by atoms with E-state index in [2.05, 4.69) is 29.2 Å². The highest BCUT2D eigenvalue weighted by atomic mass is 16.1. The van der Waals surface area contributed by atoms with E-state index < -0.39 is 0 Å². The van der Waals surface area contributed by atoms with Crippen LogP contribution in [0.4, 0.5) is 0 Å². The van der Waals surface area contributed by atoms with E-state index in [1.165, 1.54) is 5.56 Å². The van der Waals surface area contributed by atoms with Gasteiger partial charge in [0.25, 0.3) is 5.56 Å². The normalized spacial score (nSPS) is 17.5. The zero-order valence-electron chi connectivity index (χ0n) is 10.5. The lowest BCUT2D eigenvalue weighted by Crippen LogP contribution is -2.20. The molecule has 3 heteroatoms. The molecule has 1 atom stereocenters. The third-order valence-corrected chi connectivity index (χ3v) is 3.82. The van der Waals surface area contributed by atoms with Gasteiger partial charge in [-0.25, -0.2) is 0 Å². The molecule has 94 valence electrons. The quantitative estimate of drug-likeness (QED) is 0.845. The van der Waals surface area contributed by atoms with Gasteiger partial charge < -0.3 is 4.98 Å². The number of aryl methyl sites for hydroxylation is 1. The zero-order valence-corrected chi connectivity index (χ0v) is 10.5. The van der Waals surface area contributed by atoms with Crippen LogP contribution in [0.1, 0.15) is 34.7 Å². The highest BCUT2D eigenvalue weighted by molar-refractivity contribution is 5.36. The Hall–Kier alpha value is -2.34. The fourth-order valence-corrected chi connectivity index (χ4v) is 2.80. The number of nitrogens with one attached hydrogen (secondary N) is 1. The molecule has 1 aliphatic rings. The highest BCUT2D eigenvalue weighted by Crippen LogP contribution is 2.31. The number of aromatic nitrogens is 1. The number of H-pyrrole nitrogens is 1. The average molecular weight is 250 g/mol. The van der Waals surface area contributed by atoms with Gasteiger partial charge in [-0.05, 0) is 42.4 Å². The maximum atomic E-state index is 11.6. The lowest BCUT2D eigenvalue weighted by atomic mass is 9.82. The fraction of sp³-hybridized carbons (Fsp3) is 0.250. The molecule has 0 amide bonds. The largest absolute Gasteiger partial charge is 0.325 e. The number of pyridine rings is 1. The molecule has 1 N–H and O–H groups in total. The van der Waals surface area contributed by atoms with Gasteiger partial charge in [0, 0.05) is 5.69 Å². The molecular weight excluding hydrogens is 236 g/mol. The minimum absolute atomic E-state index is 0.215. The van der Waals surface area contributed by atoms with Crippen LogP contribution in [0.3, 0.4) is 0 Å². The molecule has 0 saturated carbocycles. The van der Waals surface area contributed by atoms with Crippen molar-refractivity contribution in [2.45, 2.75) is 25.2 Å². The smallest absolute Gasteiger partial charge is 0.266 e. The Labute approximate surface area is 111 Å². The second-order valence-corrected chi connectivity index (χ2v) is 4.98. The van der Waals surface area contributed by atoms with Gasteiger partial charge in [-0.15, -0.1) is 0 Å². The number of nitrogens with zero attached hydrogens (tertiary/aromatic N) is 1. The molecule has 0 spiro atoms. The number of rotatable bonds is 1. The summed E-state index contributed by atoms with van der Waals surface area (Å²) >= 11 is 0. The number of hydrogen-bond donors (Lipinski definition) is 1. The summed E-state index contributed by atoms with van der Waals surface area (Å²) in [7, 11) is 0. The Morgan fingerprint density at radius 1 is 1.26 bits per heavy atom. The van der Waals surface area contributed by atoms with Gasteiger partial charge in [0.1, 0.15) is 11.6 Å². The van der Waals surface area contributed by atoms with Gasteiger partial charge in [-0.2, -0.15) is 5.26 Å². The molecule has 2 aromatic rings. The monoisotopic (exact) mass is 250 g/mol. The number of benzene rings is 1. The van der Waals surface area contributed by atoms with Gasteiger partial charge in [-0.3, -0.25) is 4.79 Å². The molecule has 0 radical (unpaired) electrons. The first kappa shape index (κ1) is 11.7. The Balaban J connectivity index is 1.96. The second kappa shape index (κ2) is 4.74. The summed E-state index contributed by atoms with van der Waals surface area (Å²) in [6.45, 7) is 0. The van der Waals surface area contributed by atoms with Crippen molar-refractivity contribution in [2.75, 3.05) is 0 Å². The van der Waals surface area contributed by atoms with Crippen LogP contribution < -0.4 is 5.56 Å². The molecule has 0 fully saturated rings. The van der Waals surface area contributed by atoms with Gasteiger partial charge >= 0.3 is 0 Å². The third kappa shape index (κ3) is 2.17. The lowest BCUT2D eigenvalue weighted by Gasteiger charge is -2.24. The Bertz CT molecular complexity index is 695. The van der Waals surface area contributed by atoms with Crippen molar-refractivity contribution < 1.29 is 0 Å². The fourth-order valence-electron chi connectivity index (χ4n) is 2.80. The van der Waals surface area contributed by atoms with Crippen molar-refractivity contribution in [1.29, 1.82) is 5.26 Å². The summed E-state index contributed by atoms with van der Waals surface area (Å²) < 4.78 is 0. The summed E-state index contributed by atoms with van der Waals surface area (Å²) in [4.78, 5) is 14.4. The average Bonchev–Trinajstić information content (AvgIpc) is 2.47. The molecule has 19 heavy (non-hydrogen) atoms. The van der Waals surface area contributed by atoms with Crippen LogP contribution in [-0.2, 0) is 12.8 Å². The minimum Gasteiger partial charge on any atom is -0.325 e. The van der Waals surface area contributed by atoms with E-state index in [4.69, 9.17) is 5.26 Å². The van der Waals surface area contributed by atoms with E-state index in [-0.39, 0.29) is 11.1 Å². The van der Waals surface area contributed by atoms with Gasteiger partial charge in [0.2, 0.25) is 0 Å². The Kier molecular flexibility index (Phi) is 2.92. The topological polar surface area (TPSA) is 56.6 Å². The molecule has 1 aromatic heterocycles. The molecule has 1 heterocycles. The molecule has 0 aliphatic heterocycles. The van der Waals surface area contributed by atoms with Crippen LogP contribution in [-0.4, -0.2) is 4.98 Å². The lowest BCUT2D eigenvalue weighted by molar-refractivity contribution is 0.572. The predicted octanol–water partition coefficient (Wildman–Crippen LogP) is 2.52. The molecule has 1 aromatic carbocycles. The molecule has 0 bridgehead atoms. The molecule has 0 unspecified atom stereocenters. The van der Waals surface area contributed by atoms with E-state index in [1.807, 2.05) is 12.1 Å². The van der Waals surface area contributed by atoms with Crippen LogP contribution in [0.5, 0.6) is 0 Å². The summed E-state index contributed by atoms with van der Waals surface area (Å²) in [6, 6.07) is 14.1. The summed E-state index contributed by atoms with van der Waals surface area (Å²) in [6.07, 6.45) is 2.81. The number of hydrogen-bond acceptors (Lipinski definition) is 2. The van der Waals surface area contributed by atoms with E-state index in [0.717, 1.165) is 30.5 Å². The summed E-state index contributed by atoms with van der Waals surface area (Å²) in [5.74, 6) is 0.478. The zero-order chi connectivity index (χ0) is 13.2. The van der Waals surface area contributed by atoms with Crippen LogP contribution in [0.15, 0.2) is 41.2 Å². The van der Waals surface area contributed by atoms with Crippen molar-refractivity contribution in [3.05, 3.63) is 69.1 Å². The second-order valence-electron chi connectivity index (χ2n) is 4.98. The molecule has 0 saturated heterocycles. The third-order valence-electron chi connectivity index (χ3n) is 3.82. The van der Waals surface area contributed by atoms with E-state index in [9.17, 15) is 4.79 Å². The van der Waals surface area contributed by atoms with Crippen LogP contribution in [0.25, 0.3) is 0 Å². The van der Waals surface area contributed by atoms with Crippen molar-refractivity contribution in [3.63, 3.8) is 0 Å².